The number of nitrogens with two attached hydrogens (primary N) is 1. The number of carbonyl (C=O) groups excluding carboxylic acids is 2. The van der Waals surface area contributed by atoms with Crippen molar-refractivity contribution in [3.05, 3.63) is 46.2 Å². The number of fused-ring (bicyclic) bond motifs is 1. The van der Waals surface area contributed by atoms with Gasteiger partial charge in [0.2, 0.25) is 0 Å². The van der Waals surface area contributed by atoms with Crippen molar-refractivity contribution in [2.24, 2.45) is 0 Å². The van der Waals surface area contributed by atoms with Gasteiger partial charge in [0.1, 0.15) is 0 Å². The standard InChI is InChI=1S/C12H8N2O2S/c13-9-3-1-2-8-10(9)12(16)14(11(8)15)7-4-5-17-6-7/h1-6H,13H2. The lowest BCUT2D eigenvalue weighted by Gasteiger charge is -2.10. The van der Waals surface area contributed by atoms with Crippen molar-refractivity contribution in [2.45, 2.75) is 0 Å². The summed E-state index contributed by atoms with van der Waals surface area (Å²) in [5.74, 6) is -0.655. The molecule has 3 rings (SSSR count). The zero-order valence-corrected chi connectivity index (χ0v) is 9.53. The van der Waals surface area contributed by atoms with Crippen molar-refractivity contribution < 1.29 is 9.59 Å². The predicted octanol–water partition coefficient (Wildman–Crippen LogP) is 2.13. The highest BCUT2D eigenvalue weighted by Crippen LogP contribution is 2.32. The van der Waals surface area contributed by atoms with Crippen LogP contribution in [0.25, 0.3) is 0 Å². The third-order valence-electron chi connectivity index (χ3n) is 2.71. The van der Waals surface area contributed by atoms with Crippen molar-refractivity contribution in [3.8, 4) is 0 Å². The third kappa shape index (κ3) is 1.29. The van der Waals surface area contributed by atoms with Gasteiger partial charge in [0.15, 0.2) is 0 Å². The molecule has 0 radical (unpaired) electrons. The highest BCUT2D eigenvalue weighted by atomic mass is 32.1. The topological polar surface area (TPSA) is 63.4 Å². The van der Waals surface area contributed by atoms with E-state index in [9.17, 15) is 9.59 Å². The van der Waals surface area contributed by atoms with Crippen molar-refractivity contribution in [3.63, 3.8) is 0 Å². The van der Waals surface area contributed by atoms with Crippen LogP contribution in [0.15, 0.2) is 35.0 Å². The Labute approximate surface area is 101 Å². The number of imide groups is 1. The number of benzene rings is 1. The van der Waals surface area contributed by atoms with Crippen LogP contribution < -0.4 is 10.6 Å². The summed E-state index contributed by atoms with van der Waals surface area (Å²) >= 11 is 1.44. The normalized spacial score (nSPS) is 14.2. The van der Waals surface area contributed by atoms with Crippen LogP contribution in [0.3, 0.4) is 0 Å². The van der Waals surface area contributed by atoms with E-state index in [-0.39, 0.29) is 11.8 Å². The lowest BCUT2D eigenvalue weighted by molar-refractivity contribution is 0.0926. The number of nitrogens with zero attached hydrogens (tertiary/aromatic N) is 1. The van der Waals surface area contributed by atoms with Gasteiger partial charge in [-0.05, 0) is 23.6 Å². The van der Waals surface area contributed by atoms with Gasteiger partial charge in [-0.2, -0.15) is 11.3 Å². The van der Waals surface area contributed by atoms with Gasteiger partial charge in [0.25, 0.3) is 11.8 Å². The fraction of sp³-hybridized carbons (Fsp3) is 0. The minimum atomic E-state index is -0.346. The number of carbonyl (C=O) groups is 2. The highest BCUT2D eigenvalue weighted by molar-refractivity contribution is 7.08. The molecular weight excluding hydrogens is 236 g/mol. The number of hydrogen-bond acceptors (Lipinski definition) is 4. The molecule has 1 aromatic heterocycles. The third-order valence-corrected chi connectivity index (χ3v) is 3.38. The van der Waals surface area contributed by atoms with E-state index in [2.05, 4.69) is 0 Å². The quantitative estimate of drug-likeness (QED) is 0.617. The fourth-order valence-corrected chi connectivity index (χ4v) is 2.55. The van der Waals surface area contributed by atoms with Gasteiger partial charge < -0.3 is 5.73 Å². The summed E-state index contributed by atoms with van der Waals surface area (Å²) < 4.78 is 0. The molecule has 1 aliphatic heterocycles. The Balaban J connectivity index is 2.19. The van der Waals surface area contributed by atoms with Gasteiger partial charge in [-0.15, -0.1) is 0 Å². The molecular formula is C12H8N2O2S. The second kappa shape index (κ2) is 3.43. The van der Waals surface area contributed by atoms with Crippen LogP contribution >= 0.6 is 11.3 Å². The average Bonchev–Trinajstić information content (AvgIpc) is 2.88. The average molecular weight is 244 g/mol. The minimum Gasteiger partial charge on any atom is -0.398 e. The van der Waals surface area contributed by atoms with Crippen LogP contribution in [0, 0.1) is 0 Å². The first-order valence-electron chi connectivity index (χ1n) is 4.99. The Kier molecular flexibility index (Phi) is 2.02. The van der Waals surface area contributed by atoms with Gasteiger partial charge in [-0.3, -0.25) is 9.59 Å². The maximum Gasteiger partial charge on any atom is 0.268 e. The summed E-state index contributed by atoms with van der Waals surface area (Å²) in [6.45, 7) is 0. The van der Waals surface area contributed by atoms with Crippen molar-refractivity contribution >= 4 is 34.5 Å². The number of anilines is 2. The zero-order chi connectivity index (χ0) is 12.0. The first-order chi connectivity index (χ1) is 8.20. The van der Waals surface area contributed by atoms with Gasteiger partial charge in [-0.1, -0.05) is 6.07 Å². The molecule has 2 aromatic rings. The van der Waals surface area contributed by atoms with E-state index in [1.807, 2.05) is 5.38 Å². The Morgan fingerprint density at radius 2 is 1.94 bits per heavy atom. The lowest BCUT2D eigenvalue weighted by Crippen LogP contribution is -2.28. The summed E-state index contributed by atoms with van der Waals surface area (Å²) in [7, 11) is 0. The summed E-state index contributed by atoms with van der Waals surface area (Å²) in [5.41, 5.74) is 7.37. The van der Waals surface area contributed by atoms with Crippen molar-refractivity contribution in [1.82, 2.24) is 0 Å². The molecule has 1 aliphatic rings. The Bertz CT molecular complexity index is 619. The van der Waals surface area contributed by atoms with Crippen LogP contribution in [0.1, 0.15) is 20.7 Å². The zero-order valence-electron chi connectivity index (χ0n) is 8.71. The van der Waals surface area contributed by atoms with Crippen LogP contribution in [0.2, 0.25) is 0 Å². The molecule has 2 amide bonds. The maximum absolute atomic E-state index is 12.2. The molecule has 0 unspecified atom stereocenters. The Morgan fingerprint density at radius 1 is 1.12 bits per heavy atom. The lowest BCUT2D eigenvalue weighted by atomic mass is 10.1. The molecule has 84 valence electrons. The molecule has 0 spiro atoms. The van der Waals surface area contributed by atoms with Crippen molar-refractivity contribution in [2.75, 3.05) is 10.6 Å². The maximum atomic E-state index is 12.2. The largest absolute Gasteiger partial charge is 0.398 e. The van der Waals surface area contributed by atoms with Crippen LogP contribution in [-0.2, 0) is 0 Å². The summed E-state index contributed by atoms with van der Waals surface area (Å²) in [4.78, 5) is 25.4. The number of nitrogen functional groups attached to an aromatic ring is 1. The fourth-order valence-electron chi connectivity index (χ4n) is 1.93. The molecule has 0 aliphatic carbocycles. The summed E-state index contributed by atoms with van der Waals surface area (Å²) in [6.07, 6.45) is 0. The second-order valence-corrected chi connectivity index (χ2v) is 4.48. The molecule has 17 heavy (non-hydrogen) atoms. The van der Waals surface area contributed by atoms with Gasteiger partial charge >= 0.3 is 0 Å². The monoisotopic (exact) mass is 244 g/mol. The predicted molar refractivity (Wildman–Crippen MR) is 66.3 cm³/mol. The van der Waals surface area contributed by atoms with E-state index in [0.29, 0.717) is 22.5 Å². The van der Waals surface area contributed by atoms with Gasteiger partial charge in [0, 0.05) is 11.1 Å². The molecule has 5 heteroatoms. The number of thiophene rings is 1. The van der Waals surface area contributed by atoms with Crippen LogP contribution in [-0.4, -0.2) is 11.8 Å². The number of rotatable bonds is 1. The summed E-state index contributed by atoms with van der Waals surface area (Å²) in [5, 5.41) is 3.58. The van der Waals surface area contributed by atoms with Crippen LogP contribution in [0.4, 0.5) is 11.4 Å². The minimum absolute atomic E-state index is 0.309. The molecule has 4 nitrogen and oxygen atoms in total. The van der Waals surface area contributed by atoms with Crippen LogP contribution in [0.5, 0.6) is 0 Å². The first kappa shape index (κ1) is 10.0. The van der Waals surface area contributed by atoms with E-state index >= 15 is 0 Å². The number of amides is 2. The molecule has 1 aromatic carbocycles. The Hall–Kier alpha value is -2.14. The van der Waals surface area contributed by atoms with E-state index in [0.717, 1.165) is 4.90 Å². The molecule has 0 fully saturated rings. The smallest absolute Gasteiger partial charge is 0.268 e. The van der Waals surface area contributed by atoms with E-state index in [1.54, 1.807) is 29.6 Å². The number of hydrogen-bond donors (Lipinski definition) is 1. The summed E-state index contributed by atoms with van der Waals surface area (Å²) in [6, 6.07) is 6.67. The SMILES string of the molecule is Nc1cccc2c1C(=O)N(c1ccsc1)C2=O. The van der Waals surface area contributed by atoms with E-state index in [1.165, 1.54) is 11.3 Å². The molecule has 2 N–H and O–H groups in total. The van der Waals surface area contributed by atoms with Gasteiger partial charge in [-0.25, -0.2) is 4.90 Å². The molecule has 0 saturated heterocycles. The highest BCUT2D eigenvalue weighted by Gasteiger charge is 2.38. The van der Waals surface area contributed by atoms with E-state index in [4.69, 9.17) is 5.73 Å². The molecule has 2 heterocycles. The second-order valence-electron chi connectivity index (χ2n) is 3.70. The first-order valence-corrected chi connectivity index (χ1v) is 5.94. The Morgan fingerprint density at radius 3 is 2.59 bits per heavy atom. The molecule has 0 atom stereocenters. The molecule has 0 bridgehead atoms. The van der Waals surface area contributed by atoms with Crippen molar-refractivity contribution in [1.29, 1.82) is 0 Å². The molecule has 0 saturated carbocycles. The van der Waals surface area contributed by atoms with Gasteiger partial charge in [0.05, 0.1) is 16.8 Å². The van der Waals surface area contributed by atoms with E-state index < -0.39 is 0 Å².